The van der Waals surface area contributed by atoms with Crippen LogP contribution < -0.4 is 14.4 Å². The average molecular weight is 612 g/mol. The highest BCUT2D eigenvalue weighted by Crippen LogP contribution is 2.33. The molecule has 1 N–H and O–H groups in total. The summed E-state index contributed by atoms with van der Waals surface area (Å²) >= 11 is 6.48. The SMILES string of the molecule is CC[C@H](C(=O)NC1CCCC1)N(Cc1ccccc1Cl)C(=O)CN(c1ccccc1OC)S(=O)(=O)c1ccc(C)cc1. The third-order valence-corrected chi connectivity index (χ3v) is 9.77. The van der Waals surface area contributed by atoms with Gasteiger partial charge in [-0.15, -0.1) is 0 Å². The lowest BCUT2D eigenvalue weighted by Crippen LogP contribution is -2.53. The quantitative estimate of drug-likeness (QED) is 0.283. The molecule has 1 fully saturated rings. The van der Waals surface area contributed by atoms with Crippen molar-refractivity contribution in [3.05, 3.63) is 88.9 Å². The first-order valence-corrected chi connectivity index (χ1v) is 16.0. The molecule has 3 aromatic carbocycles. The molecule has 1 atom stereocenters. The number of amides is 2. The maximum absolute atomic E-state index is 14.3. The second-order valence-electron chi connectivity index (χ2n) is 10.5. The van der Waals surface area contributed by atoms with Crippen LogP contribution in [0.5, 0.6) is 5.75 Å². The van der Waals surface area contributed by atoms with Crippen LogP contribution in [0.4, 0.5) is 5.69 Å². The lowest BCUT2D eigenvalue weighted by atomic mass is 10.1. The van der Waals surface area contributed by atoms with Crippen molar-refractivity contribution in [3.8, 4) is 5.75 Å². The Morgan fingerprint density at radius 2 is 1.64 bits per heavy atom. The lowest BCUT2D eigenvalue weighted by molar-refractivity contribution is -0.140. The van der Waals surface area contributed by atoms with Crippen LogP contribution in [0.2, 0.25) is 5.02 Å². The van der Waals surface area contributed by atoms with Gasteiger partial charge in [0.05, 0.1) is 17.7 Å². The molecule has 0 saturated heterocycles. The molecule has 0 unspecified atom stereocenters. The Hall–Kier alpha value is -3.56. The largest absolute Gasteiger partial charge is 0.495 e. The van der Waals surface area contributed by atoms with Gasteiger partial charge in [0.1, 0.15) is 18.3 Å². The number of ether oxygens (including phenoxy) is 1. The topological polar surface area (TPSA) is 96.0 Å². The fourth-order valence-corrected chi connectivity index (χ4v) is 6.90. The molecular formula is C32H38ClN3O5S. The van der Waals surface area contributed by atoms with Crippen molar-refractivity contribution in [1.82, 2.24) is 10.2 Å². The molecule has 0 radical (unpaired) electrons. The number of benzene rings is 3. The fourth-order valence-electron chi connectivity index (χ4n) is 5.28. The number of nitrogens with one attached hydrogen (secondary N) is 1. The van der Waals surface area contributed by atoms with Crippen LogP contribution in [-0.2, 0) is 26.2 Å². The fraction of sp³-hybridized carbons (Fsp3) is 0.375. The molecule has 1 aliphatic carbocycles. The minimum Gasteiger partial charge on any atom is -0.495 e. The van der Waals surface area contributed by atoms with Crippen LogP contribution in [0.3, 0.4) is 0 Å². The van der Waals surface area contributed by atoms with Crippen molar-refractivity contribution in [2.45, 2.75) is 69.5 Å². The standard InChI is InChI=1S/C32H38ClN3O5S/c1-4-28(32(38)34-25-12-6-7-13-25)35(21-24-11-5-8-14-27(24)33)31(37)22-36(29-15-9-10-16-30(29)41-3)42(39,40)26-19-17-23(2)18-20-26/h5,8-11,14-20,25,28H,4,6-7,12-13,21-22H2,1-3H3,(H,34,38)/t28-/m1/s1. The van der Waals surface area contributed by atoms with Crippen molar-refractivity contribution in [3.63, 3.8) is 0 Å². The van der Waals surface area contributed by atoms with E-state index in [0.29, 0.717) is 22.8 Å². The molecule has 2 amide bonds. The normalized spacial score (nSPS) is 14.3. The number of anilines is 1. The predicted octanol–water partition coefficient (Wildman–Crippen LogP) is 5.72. The molecule has 10 heteroatoms. The summed E-state index contributed by atoms with van der Waals surface area (Å²) < 4.78 is 34.7. The monoisotopic (exact) mass is 611 g/mol. The number of carbonyl (C=O) groups is 2. The van der Waals surface area contributed by atoms with E-state index in [1.165, 1.54) is 24.1 Å². The molecule has 0 aliphatic heterocycles. The third-order valence-electron chi connectivity index (χ3n) is 7.63. The smallest absolute Gasteiger partial charge is 0.264 e. The molecule has 3 aromatic rings. The van der Waals surface area contributed by atoms with Crippen LogP contribution >= 0.6 is 11.6 Å². The zero-order valence-electron chi connectivity index (χ0n) is 24.3. The average Bonchev–Trinajstić information content (AvgIpc) is 3.49. The Bertz CT molecular complexity index is 1490. The van der Waals surface area contributed by atoms with Gasteiger partial charge in [-0.2, -0.15) is 0 Å². The molecular weight excluding hydrogens is 574 g/mol. The maximum atomic E-state index is 14.3. The summed E-state index contributed by atoms with van der Waals surface area (Å²) in [5.41, 5.74) is 1.78. The van der Waals surface area contributed by atoms with Crippen molar-refractivity contribution < 1.29 is 22.7 Å². The van der Waals surface area contributed by atoms with Crippen LogP contribution in [0.15, 0.2) is 77.7 Å². The van der Waals surface area contributed by atoms with E-state index in [-0.39, 0.29) is 29.1 Å². The first kappa shape index (κ1) is 31.4. The van der Waals surface area contributed by atoms with Crippen LogP contribution in [-0.4, -0.2) is 50.9 Å². The molecule has 8 nitrogen and oxygen atoms in total. The Balaban J connectivity index is 1.75. The van der Waals surface area contributed by atoms with Gasteiger partial charge in [-0.3, -0.25) is 13.9 Å². The van der Waals surface area contributed by atoms with Crippen molar-refractivity contribution in [2.75, 3.05) is 18.0 Å². The summed E-state index contributed by atoms with van der Waals surface area (Å²) in [6.45, 7) is 3.20. The van der Waals surface area contributed by atoms with Crippen LogP contribution in [0.1, 0.15) is 50.2 Å². The van der Waals surface area contributed by atoms with Gasteiger partial charge in [-0.25, -0.2) is 8.42 Å². The Morgan fingerprint density at radius 1 is 1.00 bits per heavy atom. The summed E-state index contributed by atoms with van der Waals surface area (Å²) in [6.07, 6.45) is 4.24. The zero-order valence-corrected chi connectivity index (χ0v) is 25.8. The number of rotatable bonds is 12. The van der Waals surface area contributed by atoms with Gasteiger partial charge in [0, 0.05) is 17.6 Å². The molecule has 42 heavy (non-hydrogen) atoms. The number of nitrogens with zero attached hydrogens (tertiary/aromatic N) is 2. The minimum absolute atomic E-state index is 0.0375. The van der Waals surface area contributed by atoms with E-state index >= 15 is 0 Å². The minimum atomic E-state index is -4.21. The van der Waals surface area contributed by atoms with E-state index < -0.39 is 28.5 Å². The van der Waals surface area contributed by atoms with Crippen molar-refractivity contribution in [1.29, 1.82) is 0 Å². The van der Waals surface area contributed by atoms with Gasteiger partial charge in [-0.05, 0) is 62.1 Å². The van der Waals surface area contributed by atoms with Gasteiger partial charge in [-0.1, -0.05) is 79.4 Å². The summed E-state index contributed by atoms with van der Waals surface area (Å²) in [6, 6.07) is 19.5. The molecule has 4 rings (SSSR count). The van der Waals surface area contributed by atoms with Crippen molar-refractivity contribution in [2.24, 2.45) is 0 Å². The number of hydrogen-bond donors (Lipinski definition) is 1. The number of aryl methyl sites for hydroxylation is 1. The number of sulfonamides is 1. The summed E-state index contributed by atoms with van der Waals surface area (Å²) in [4.78, 5) is 29.3. The molecule has 0 bridgehead atoms. The molecule has 224 valence electrons. The van der Waals surface area contributed by atoms with Gasteiger partial charge in [0.2, 0.25) is 11.8 Å². The highest BCUT2D eigenvalue weighted by atomic mass is 35.5. The molecule has 0 heterocycles. The summed E-state index contributed by atoms with van der Waals surface area (Å²) in [7, 11) is -2.76. The Labute approximate surface area is 253 Å². The zero-order chi connectivity index (χ0) is 30.3. The van der Waals surface area contributed by atoms with Crippen molar-refractivity contribution >= 4 is 39.1 Å². The van der Waals surface area contributed by atoms with E-state index in [4.69, 9.17) is 16.3 Å². The number of methoxy groups -OCH3 is 1. The van der Waals surface area contributed by atoms with E-state index in [2.05, 4.69) is 5.32 Å². The first-order chi connectivity index (χ1) is 20.1. The predicted molar refractivity (Wildman–Crippen MR) is 165 cm³/mol. The highest BCUT2D eigenvalue weighted by Gasteiger charge is 2.35. The second kappa shape index (κ2) is 14.1. The van der Waals surface area contributed by atoms with E-state index in [1.54, 1.807) is 54.6 Å². The van der Waals surface area contributed by atoms with E-state index in [9.17, 15) is 18.0 Å². The Morgan fingerprint density at radius 3 is 2.29 bits per heavy atom. The van der Waals surface area contributed by atoms with E-state index in [0.717, 1.165) is 35.6 Å². The second-order valence-corrected chi connectivity index (χ2v) is 12.8. The molecule has 0 aromatic heterocycles. The van der Waals surface area contributed by atoms with Gasteiger partial charge >= 0.3 is 0 Å². The van der Waals surface area contributed by atoms with Gasteiger partial charge in [0.15, 0.2) is 0 Å². The summed E-state index contributed by atoms with van der Waals surface area (Å²) in [5, 5.41) is 3.57. The van der Waals surface area contributed by atoms with Crippen LogP contribution in [0.25, 0.3) is 0 Å². The van der Waals surface area contributed by atoms with Crippen LogP contribution in [0, 0.1) is 6.92 Å². The van der Waals surface area contributed by atoms with Gasteiger partial charge < -0.3 is 15.0 Å². The molecule has 0 spiro atoms. The third kappa shape index (κ3) is 7.25. The Kier molecular flexibility index (Phi) is 10.5. The number of carbonyl (C=O) groups excluding carboxylic acids is 2. The number of para-hydroxylation sites is 2. The first-order valence-electron chi connectivity index (χ1n) is 14.2. The number of halogens is 1. The van der Waals surface area contributed by atoms with E-state index in [1.807, 2.05) is 19.9 Å². The lowest BCUT2D eigenvalue weighted by Gasteiger charge is -2.34. The maximum Gasteiger partial charge on any atom is 0.264 e. The molecule has 1 saturated carbocycles. The van der Waals surface area contributed by atoms with Gasteiger partial charge in [0.25, 0.3) is 10.0 Å². The number of hydrogen-bond acceptors (Lipinski definition) is 5. The summed E-state index contributed by atoms with van der Waals surface area (Å²) in [5.74, 6) is -0.496. The highest BCUT2D eigenvalue weighted by molar-refractivity contribution is 7.92. The molecule has 1 aliphatic rings.